The van der Waals surface area contributed by atoms with Crippen LogP contribution in [0.4, 0.5) is 0 Å². The summed E-state index contributed by atoms with van der Waals surface area (Å²) in [5, 5.41) is 4.18. The van der Waals surface area contributed by atoms with E-state index < -0.39 is 0 Å². The molecule has 0 spiro atoms. The molecule has 0 N–H and O–H groups in total. The highest BCUT2D eigenvalue weighted by Crippen LogP contribution is 2.26. The molecule has 2 aliphatic heterocycles. The summed E-state index contributed by atoms with van der Waals surface area (Å²) in [4.78, 5) is 32.6. The van der Waals surface area contributed by atoms with E-state index in [1.165, 1.54) is 6.33 Å². The highest BCUT2D eigenvalue weighted by molar-refractivity contribution is 5.89. The van der Waals surface area contributed by atoms with Crippen molar-refractivity contribution in [2.24, 2.45) is 5.92 Å². The Morgan fingerprint density at radius 3 is 2.84 bits per heavy atom. The number of nitrogens with zero attached hydrogens (tertiary/aromatic N) is 5. The van der Waals surface area contributed by atoms with Gasteiger partial charge in [-0.25, -0.2) is 9.67 Å². The van der Waals surface area contributed by atoms with E-state index in [1.54, 1.807) is 23.6 Å². The maximum Gasteiger partial charge on any atom is 0.227 e. The fraction of sp³-hybridized carbons (Fsp3) is 0.529. The molecule has 4 heterocycles. The summed E-state index contributed by atoms with van der Waals surface area (Å²) >= 11 is 0. The van der Waals surface area contributed by atoms with E-state index in [4.69, 9.17) is 4.42 Å². The molecule has 25 heavy (non-hydrogen) atoms. The Hall–Kier alpha value is -2.64. The van der Waals surface area contributed by atoms with Crippen molar-refractivity contribution in [3.8, 4) is 0 Å². The summed E-state index contributed by atoms with van der Waals surface area (Å²) < 4.78 is 7.17. The van der Waals surface area contributed by atoms with E-state index in [-0.39, 0.29) is 17.7 Å². The normalized spacial score (nSPS) is 21.9. The van der Waals surface area contributed by atoms with Gasteiger partial charge in [-0.2, -0.15) is 5.10 Å². The molecule has 0 saturated carbocycles. The van der Waals surface area contributed by atoms with E-state index >= 15 is 0 Å². The highest BCUT2D eigenvalue weighted by Gasteiger charge is 2.37. The lowest BCUT2D eigenvalue weighted by Gasteiger charge is -2.33. The van der Waals surface area contributed by atoms with Crippen LogP contribution in [0.1, 0.15) is 31.1 Å². The van der Waals surface area contributed by atoms with Crippen molar-refractivity contribution >= 4 is 11.8 Å². The fourth-order valence-corrected chi connectivity index (χ4v) is 3.70. The van der Waals surface area contributed by atoms with Crippen LogP contribution < -0.4 is 0 Å². The molecular formula is C17H21N5O3. The molecule has 2 aromatic rings. The molecule has 8 nitrogen and oxygen atoms in total. The molecule has 2 aliphatic rings. The number of carbonyl (C=O) groups is 2. The lowest BCUT2D eigenvalue weighted by atomic mass is 10.0. The Labute approximate surface area is 145 Å². The first kappa shape index (κ1) is 15.9. The van der Waals surface area contributed by atoms with Gasteiger partial charge in [0.1, 0.15) is 18.4 Å². The fourth-order valence-electron chi connectivity index (χ4n) is 3.70. The van der Waals surface area contributed by atoms with Gasteiger partial charge in [-0.1, -0.05) is 0 Å². The third kappa shape index (κ3) is 3.29. The predicted molar refractivity (Wildman–Crippen MR) is 87.1 cm³/mol. The quantitative estimate of drug-likeness (QED) is 0.829. The number of aromatic nitrogens is 3. The average molecular weight is 343 g/mol. The van der Waals surface area contributed by atoms with Gasteiger partial charge in [0.2, 0.25) is 11.8 Å². The number of likely N-dealkylation sites (tertiary alicyclic amines) is 2. The molecule has 2 aromatic heterocycles. The van der Waals surface area contributed by atoms with E-state index in [2.05, 4.69) is 10.1 Å². The third-order valence-electron chi connectivity index (χ3n) is 5.08. The molecule has 4 rings (SSSR count). The van der Waals surface area contributed by atoms with Crippen LogP contribution in [0, 0.1) is 5.92 Å². The first-order chi connectivity index (χ1) is 12.2. The Morgan fingerprint density at radius 1 is 1.32 bits per heavy atom. The summed E-state index contributed by atoms with van der Waals surface area (Å²) in [5.41, 5.74) is 0. The van der Waals surface area contributed by atoms with Crippen LogP contribution in [0.3, 0.4) is 0 Å². The van der Waals surface area contributed by atoms with Crippen molar-refractivity contribution in [2.75, 3.05) is 19.6 Å². The zero-order chi connectivity index (χ0) is 17.2. The van der Waals surface area contributed by atoms with Crippen molar-refractivity contribution in [2.45, 2.75) is 31.8 Å². The minimum absolute atomic E-state index is 0.0206. The molecule has 2 fully saturated rings. The molecule has 8 heteroatoms. The Bertz CT molecular complexity index is 720. The largest absolute Gasteiger partial charge is 0.467 e. The maximum absolute atomic E-state index is 12.8. The van der Waals surface area contributed by atoms with Crippen molar-refractivity contribution in [3.63, 3.8) is 0 Å². The van der Waals surface area contributed by atoms with Crippen molar-refractivity contribution < 1.29 is 14.0 Å². The van der Waals surface area contributed by atoms with Gasteiger partial charge in [-0.3, -0.25) is 9.59 Å². The third-order valence-corrected chi connectivity index (χ3v) is 5.08. The minimum atomic E-state index is -0.245. The maximum atomic E-state index is 12.8. The zero-order valence-electron chi connectivity index (χ0n) is 14.0. The van der Waals surface area contributed by atoms with Gasteiger partial charge in [0.25, 0.3) is 0 Å². The van der Waals surface area contributed by atoms with Gasteiger partial charge in [0, 0.05) is 26.1 Å². The smallest absolute Gasteiger partial charge is 0.227 e. The molecule has 0 unspecified atom stereocenters. The van der Waals surface area contributed by atoms with E-state index in [9.17, 15) is 9.59 Å². The van der Waals surface area contributed by atoms with Crippen LogP contribution in [0.25, 0.3) is 0 Å². The second-order valence-electron chi connectivity index (χ2n) is 6.69. The van der Waals surface area contributed by atoms with Gasteiger partial charge in [-0.15, -0.1) is 0 Å². The van der Waals surface area contributed by atoms with Crippen LogP contribution in [0.15, 0.2) is 35.5 Å². The molecule has 0 aliphatic carbocycles. The molecule has 132 valence electrons. The number of carbonyl (C=O) groups excluding carboxylic acids is 2. The summed E-state index contributed by atoms with van der Waals surface area (Å²) in [5.74, 6) is 0.611. The monoisotopic (exact) mass is 343 g/mol. The summed E-state index contributed by atoms with van der Waals surface area (Å²) in [6, 6.07) is 3.95. The van der Waals surface area contributed by atoms with Crippen LogP contribution >= 0.6 is 0 Å². The van der Waals surface area contributed by atoms with E-state index in [0.29, 0.717) is 38.6 Å². The number of rotatable bonds is 4. The lowest BCUT2D eigenvalue weighted by molar-refractivity contribution is -0.137. The molecule has 0 radical (unpaired) electrons. The standard InChI is InChI=1S/C17H21N5O3/c23-16-8-13(9-21(16)10-15-2-1-7-25-15)17(24)20-5-3-14(4-6-20)22-12-18-11-19-22/h1-2,7,11-14H,3-6,8-10H2/t13-/m0/s1. The summed E-state index contributed by atoms with van der Waals surface area (Å²) in [6.07, 6.45) is 6.89. The average Bonchev–Trinajstić information content (AvgIpc) is 3.38. The molecule has 2 amide bonds. The topological polar surface area (TPSA) is 84.5 Å². The van der Waals surface area contributed by atoms with Gasteiger partial charge in [-0.05, 0) is 25.0 Å². The first-order valence-corrected chi connectivity index (χ1v) is 8.64. The molecule has 0 bridgehead atoms. The number of amides is 2. The van der Waals surface area contributed by atoms with Crippen molar-refractivity contribution in [1.82, 2.24) is 24.6 Å². The Balaban J connectivity index is 1.32. The zero-order valence-corrected chi connectivity index (χ0v) is 14.0. The number of furan rings is 1. The Kier molecular flexibility index (Phi) is 4.25. The van der Waals surface area contributed by atoms with Gasteiger partial charge in [0.05, 0.1) is 24.8 Å². The molecule has 0 aromatic carbocycles. The summed E-state index contributed by atoms with van der Waals surface area (Å²) in [7, 11) is 0. The van der Waals surface area contributed by atoms with Crippen LogP contribution in [-0.2, 0) is 16.1 Å². The van der Waals surface area contributed by atoms with Gasteiger partial charge >= 0.3 is 0 Å². The van der Waals surface area contributed by atoms with Crippen LogP contribution in [0.5, 0.6) is 0 Å². The van der Waals surface area contributed by atoms with E-state index in [1.807, 2.05) is 15.6 Å². The molecule has 1 atom stereocenters. The second kappa shape index (κ2) is 6.70. The predicted octanol–water partition coefficient (Wildman–Crippen LogP) is 1.08. The lowest BCUT2D eigenvalue weighted by Crippen LogP contribution is -2.42. The van der Waals surface area contributed by atoms with E-state index in [0.717, 1.165) is 18.6 Å². The van der Waals surface area contributed by atoms with Gasteiger partial charge in [0.15, 0.2) is 0 Å². The highest BCUT2D eigenvalue weighted by atomic mass is 16.3. The SMILES string of the molecule is O=C1C[C@H](C(=O)N2CCC(n3cncn3)CC2)CN1Cc1ccco1. The summed E-state index contributed by atoms with van der Waals surface area (Å²) in [6.45, 7) is 2.31. The number of hydrogen-bond donors (Lipinski definition) is 0. The minimum Gasteiger partial charge on any atom is -0.467 e. The molecule has 2 saturated heterocycles. The van der Waals surface area contributed by atoms with Crippen molar-refractivity contribution in [3.05, 3.63) is 36.8 Å². The van der Waals surface area contributed by atoms with Crippen LogP contribution in [0.2, 0.25) is 0 Å². The molecular weight excluding hydrogens is 322 g/mol. The Morgan fingerprint density at radius 2 is 2.16 bits per heavy atom. The number of piperidine rings is 1. The second-order valence-corrected chi connectivity index (χ2v) is 6.69. The first-order valence-electron chi connectivity index (χ1n) is 8.64. The number of hydrogen-bond acceptors (Lipinski definition) is 5. The van der Waals surface area contributed by atoms with Crippen molar-refractivity contribution in [1.29, 1.82) is 0 Å². The van der Waals surface area contributed by atoms with Gasteiger partial charge < -0.3 is 14.2 Å². The van der Waals surface area contributed by atoms with Crippen LogP contribution in [-0.4, -0.2) is 56.0 Å².